The number of benzene rings is 2. The second-order valence-electron chi connectivity index (χ2n) is 7.25. The van der Waals surface area contributed by atoms with Crippen LogP contribution in [0.2, 0.25) is 0 Å². The Labute approximate surface area is 171 Å². The molecule has 0 heterocycles. The molecule has 6 nitrogen and oxygen atoms in total. The maximum absolute atomic E-state index is 14.0. The lowest BCUT2D eigenvalue weighted by Crippen LogP contribution is -2.40. The molecule has 0 aromatic heterocycles. The number of halogens is 2. The Balaban J connectivity index is 0.00000392. The lowest BCUT2D eigenvalue weighted by atomic mass is 10.1. The molecule has 28 heavy (non-hydrogen) atoms. The summed E-state index contributed by atoms with van der Waals surface area (Å²) in [5, 5.41) is 2.60. The van der Waals surface area contributed by atoms with Gasteiger partial charge >= 0.3 is 0 Å². The first-order chi connectivity index (χ1) is 12.5. The van der Waals surface area contributed by atoms with Crippen LogP contribution in [0.4, 0.5) is 15.8 Å². The van der Waals surface area contributed by atoms with E-state index in [0.717, 1.165) is 17.7 Å². The monoisotopic (exact) mass is 429 g/mol. The molecule has 0 radical (unpaired) electrons. The summed E-state index contributed by atoms with van der Waals surface area (Å²) in [4.78, 5) is 11.6. The van der Waals surface area contributed by atoms with Crippen molar-refractivity contribution in [1.82, 2.24) is 4.72 Å². The maximum Gasteiger partial charge on any atom is 0.244 e. The van der Waals surface area contributed by atoms with Crippen LogP contribution in [-0.2, 0) is 21.2 Å². The number of para-hydroxylation sites is 1. The van der Waals surface area contributed by atoms with Crippen LogP contribution in [0.3, 0.4) is 0 Å². The van der Waals surface area contributed by atoms with Gasteiger partial charge in [-0.15, -0.1) is 12.4 Å². The van der Waals surface area contributed by atoms with Gasteiger partial charge in [-0.05, 0) is 57.0 Å². The molecule has 2 aromatic rings. The van der Waals surface area contributed by atoms with E-state index in [1.807, 2.05) is 18.2 Å². The summed E-state index contributed by atoms with van der Waals surface area (Å²) < 4.78 is 41.2. The number of nitrogens with one attached hydrogen (secondary N) is 2. The molecule has 0 unspecified atom stereocenters. The number of carbonyl (C=O) groups excluding carboxylic acids is 1. The lowest BCUT2D eigenvalue weighted by Gasteiger charge is -2.20. The molecule has 4 N–H and O–H groups in total. The van der Waals surface area contributed by atoms with Gasteiger partial charge in [-0.2, -0.15) is 0 Å². The van der Waals surface area contributed by atoms with E-state index in [9.17, 15) is 17.6 Å². The fourth-order valence-electron chi connectivity index (χ4n) is 2.48. The van der Waals surface area contributed by atoms with Crippen molar-refractivity contribution in [3.8, 4) is 0 Å². The van der Waals surface area contributed by atoms with Crippen molar-refractivity contribution in [2.45, 2.75) is 44.0 Å². The number of sulfonamides is 1. The van der Waals surface area contributed by atoms with Gasteiger partial charge in [0, 0.05) is 23.3 Å². The Bertz CT molecular complexity index is 944. The Kier molecular flexibility index (Phi) is 7.98. The molecule has 2 rings (SSSR count). The van der Waals surface area contributed by atoms with Crippen LogP contribution in [0.5, 0.6) is 0 Å². The van der Waals surface area contributed by atoms with Crippen molar-refractivity contribution >= 4 is 39.7 Å². The van der Waals surface area contributed by atoms with Gasteiger partial charge in [-0.1, -0.05) is 18.2 Å². The first-order valence-electron chi connectivity index (χ1n) is 8.45. The van der Waals surface area contributed by atoms with Gasteiger partial charge in [0.2, 0.25) is 15.9 Å². The third kappa shape index (κ3) is 6.78. The third-order valence-electron chi connectivity index (χ3n) is 3.62. The van der Waals surface area contributed by atoms with E-state index in [1.54, 1.807) is 26.8 Å². The standard InChI is InChI=1S/C19H24FN3O3S.ClH/c1-19(2,3)23-27(25,26)17-12-14(9-10-15(17)20)22-18(24)11-8-13-6-4-5-7-16(13)21;/h4-7,9-10,12,23H,8,11,21H2,1-3H3,(H,22,24);1H. The highest BCUT2D eigenvalue weighted by molar-refractivity contribution is 7.89. The molecule has 1 amide bonds. The number of nitrogen functional groups attached to an aromatic ring is 1. The number of hydrogen-bond acceptors (Lipinski definition) is 4. The van der Waals surface area contributed by atoms with E-state index in [1.165, 1.54) is 6.07 Å². The van der Waals surface area contributed by atoms with Crippen LogP contribution in [-0.4, -0.2) is 19.9 Å². The van der Waals surface area contributed by atoms with Gasteiger partial charge in [0.05, 0.1) is 0 Å². The molecule has 154 valence electrons. The van der Waals surface area contributed by atoms with Crippen LogP contribution in [0.15, 0.2) is 47.4 Å². The fourth-order valence-corrected chi connectivity index (χ4v) is 4.00. The van der Waals surface area contributed by atoms with Gasteiger partial charge in [0.25, 0.3) is 0 Å². The predicted molar refractivity (Wildman–Crippen MR) is 112 cm³/mol. The minimum atomic E-state index is -4.06. The zero-order valence-electron chi connectivity index (χ0n) is 16.0. The first kappa shape index (κ1) is 23.9. The average Bonchev–Trinajstić information content (AvgIpc) is 2.53. The summed E-state index contributed by atoms with van der Waals surface area (Å²) >= 11 is 0. The normalized spacial score (nSPS) is 11.6. The van der Waals surface area contributed by atoms with E-state index >= 15 is 0 Å². The molecule has 0 atom stereocenters. The topological polar surface area (TPSA) is 101 Å². The fraction of sp³-hybridized carbons (Fsp3) is 0.316. The van der Waals surface area contributed by atoms with Gasteiger partial charge in [-0.25, -0.2) is 17.5 Å². The van der Waals surface area contributed by atoms with Crippen molar-refractivity contribution < 1.29 is 17.6 Å². The highest BCUT2D eigenvalue weighted by Gasteiger charge is 2.25. The van der Waals surface area contributed by atoms with Crippen LogP contribution in [0, 0.1) is 5.82 Å². The average molecular weight is 430 g/mol. The minimum absolute atomic E-state index is 0. The number of carbonyl (C=O) groups is 1. The number of nitrogens with two attached hydrogens (primary N) is 1. The second kappa shape index (κ2) is 9.36. The van der Waals surface area contributed by atoms with Gasteiger partial charge in [-0.3, -0.25) is 4.79 Å². The van der Waals surface area contributed by atoms with E-state index < -0.39 is 26.3 Å². The summed E-state index contributed by atoms with van der Waals surface area (Å²) in [6.45, 7) is 4.97. The van der Waals surface area contributed by atoms with Crippen LogP contribution < -0.4 is 15.8 Å². The van der Waals surface area contributed by atoms with Gasteiger partial charge < -0.3 is 11.1 Å². The van der Waals surface area contributed by atoms with Crippen molar-refractivity contribution in [3.63, 3.8) is 0 Å². The molecule has 0 spiro atoms. The summed E-state index contributed by atoms with van der Waals surface area (Å²) in [7, 11) is -4.06. The Hall–Kier alpha value is -2.16. The van der Waals surface area contributed by atoms with Gasteiger partial charge in [0.15, 0.2) is 0 Å². The zero-order valence-corrected chi connectivity index (χ0v) is 17.6. The predicted octanol–water partition coefficient (Wildman–Crippen LogP) is 3.48. The number of hydrogen-bond donors (Lipinski definition) is 3. The quantitative estimate of drug-likeness (QED) is 0.612. The molecule has 0 aliphatic rings. The van der Waals surface area contributed by atoms with Crippen molar-refractivity contribution in [2.75, 3.05) is 11.1 Å². The summed E-state index contributed by atoms with van der Waals surface area (Å²) in [6.07, 6.45) is 0.602. The van der Waals surface area contributed by atoms with E-state index in [2.05, 4.69) is 10.0 Å². The molecular weight excluding hydrogens is 405 g/mol. The Morgan fingerprint density at radius 1 is 1.14 bits per heavy atom. The number of rotatable bonds is 6. The Morgan fingerprint density at radius 3 is 2.39 bits per heavy atom. The summed E-state index contributed by atoms with van der Waals surface area (Å²) in [6, 6.07) is 10.7. The lowest BCUT2D eigenvalue weighted by molar-refractivity contribution is -0.116. The van der Waals surface area contributed by atoms with E-state index in [4.69, 9.17) is 5.73 Å². The molecule has 0 saturated carbocycles. The minimum Gasteiger partial charge on any atom is -0.399 e. The molecule has 2 aromatic carbocycles. The highest BCUT2D eigenvalue weighted by atomic mass is 35.5. The first-order valence-corrected chi connectivity index (χ1v) is 9.93. The molecule has 0 bridgehead atoms. The van der Waals surface area contributed by atoms with Gasteiger partial charge in [0.1, 0.15) is 10.7 Å². The molecule has 0 aliphatic heterocycles. The summed E-state index contributed by atoms with van der Waals surface area (Å²) in [5.74, 6) is -1.21. The number of aryl methyl sites for hydroxylation is 1. The molecular formula is C19H25ClFN3O3S. The van der Waals surface area contributed by atoms with Crippen LogP contribution >= 0.6 is 12.4 Å². The summed E-state index contributed by atoms with van der Waals surface area (Å²) in [5.41, 5.74) is 6.75. The van der Waals surface area contributed by atoms with E-state index in [-0.39, 0.29) is 30.4 Å². The SMILES string of the molecule is CC(C)(C)NS(=O)(=O)c1cc(NC(=O)CCc2ccccc2N)ccc1F.Cl. The van der Waals surface area contributed by atoms with Crippen molar-refractivity contribution in [1.29, 1.82) is 0 Å². The molecule has 9 heteroatoms. The second-order valence-corrected chi connectivity index (χ2v) is 8.90. The molecule has 0 fully saturated rings. The number of anilines is 2. The Morgan fingerprint density at radius 2 is 1.79 bits per heavy atom. The van der Waals surface area contributed by atoms with Crippen molar-refractivity contribution in [2.24, 2.45) is 0 Å². The zero-order chi connectivity index (χ0) is 20.2. The molecule has 0 aliphatic carbocycles. The number of amides is 1. The van der Waals surface area contributed by atoms with E-state index in [0.29, 0.717) is 12.1 Å². The maximum atomic E-state index is 14.0. The van der Waals surface area contributed by atoms with Crippen molar-refractivity contribution in [3.05, 3.63) is 53.8 Å². The van der Waals surface area contributed by atoms with Crippen LogP contribution in [0.25, 0.3) is 0 Å². The third-order valence-corrected chi connectivity index (χ3v) is 5.39. The van der Waals surface area contributed by atoms with Crippen LogP contribution in [0.1, 0.15) is 32.8 Å². The molecule has 0 saturated heterocycles. The largest absolute Gasteiger partial charge is 0.399 e. The highest BCUT2D eigenvalue weighted by Crippen LogP contribution is 2.21. The smallest absolute Gasteiger partial charge is 0.244 e.